The lowest BCUT2D eigenvalue weighted by molar-refractivity contribution is 0.300. The van der Waals surface area contributed by atoms with Gasteiger partial charge in [0, 0.05) is 10.6 Å². The normalized spacial score (nSPS) is 10.8. The predicted octanol–water partition coefficient (Wildman–Crippen LogP) is 5.18. The van der Waals surface area contributed by atoms with Crippen LogP contribution >= 0.6 is 11.6 Å². The Morgan fingerprint density at radius 2 is 1.79 bits per heavy atom. The maximum Gasteiger partial charge on any atom is 0.129 e. The van der Waals surface area contributed by atoms with Crippen LogP contribution in [0.5, 0.6) is 5.75 Å². The van der Waals surface area contributed by atoms with Crippen molar-refractivity contribution >= 4 is 11.6 Å². The Kier molecular flexibility index (Phi) is 4.43. The van der Waals surface area contributed by atoms with Gasteiger partial charge in [-0.25, -0.2) is 4.39 Å². The molecular formula is C16H16ClFO. The summed E-state index contributed by atoms with van der Waals surface area (Å²) in [6.07, 6.45) is 0. The second-order valence-corrected chi connectivity index (χ2v) is 5.18. The molecule has 0 heterocycles. The first-order chi connectivity index (χ1) is 9.06. The maximum absolute atomic E-state index is 13.5. The molecule has 0 aliphatic carbocycles. The zero-order valence-electron chi connectivity index (χ0n) is 11.0. The third-order valence-electron chi connectivity index (χ3n) is 2.95. The Morgan fingerprint density at radius 3 is 2.42 bits per heavy atom. The van der Waals surface area contributed by atoms with Crippen molar-refractivity contribution in [1.82, 2.24) is 0 Å². The van der Waals surface area contributed by atoms with Gasteiger partial charge in [0.2, 0.25) is 0 Å². The maximum atomic E-state index is 13.5. The van der Waals surface area contributed by atoms with Gasteiger partial charge in [-0.2, -0.15) is 0 Å². The van der Waals surface area contributed by atoms with Crippen molar-refractivity contribution in [2.24, 2.45) is 0 Å². The average Bonchev–Trinajstić information content (AvgIpc) is 2.40. The standard InChI is InChI=1S/C16H16ClFO/c1-11(2)12-3-6-15(7-4-12)19-10-13-9-14(17)5-8-16(13)18/h3-9,11H,10H2,1-2H3. The van der Waals surface area contributed by atoms with Crippen LogP contribution in [0.4, 0.5) is 4.39 Å². The Bertz CT molecular complexity index is 549. The smallest absolute Gasteiger partial charge is 0.129 e. The van der Waals surface area contributed by atoms with E-state index in [0.29, 0.717) is 16.5 Å². The number of halogens is 2. The minimum Gasteiger partial charge on any atom is -0.489 e. The van der Waals surface area contributed by atoms with Crippen LogP contribution in [-0.2, 0) is 6.61 Å². The van der Waals surface area contributed by atoms with Gasteiger partial charge in [0.05, 0.1) is 0 Å². The van der Waals surface area contributed by atoms with Crippen LogP contribution in [0.3, 0.4) is 0 Å². The lowest BCUT2D eigenvalue weighted by Crippen LogP contribution is -1.98. The van der Waals surface area contributed by atoms with Crippen LogP contribution in [-0.4, -0.2) is 0 Å². The van der Waals surface area contributed by atoms with Crippen LogP contribution in [0.2, 0.25) is 5.02 Å². The van der Waals surface area contributed by atoms with E-state index < -0.39 is 0 Å². The van der Waals surface area contributed by atoms with Gasteiger partial charge in [0.1, 0.15) is 18.2 Å². The molecular weight excluding hydrogens is 263 g/mol. The van der Waals surface area contributed by atoms with E-state index in [1.807, 2.05) is 24.3 Å². The fourth-order valence-corrected chi connectivity index (χ4v) is 1.96. The van der Waals surface area contributed by atoms with Crippen molar-refractivity contribution in [2.75, 3.05) is 0 Å². The number of hydrogen-bond donors (Lipinski definition) is 0. The van der Waals surface area contributed by atoms with Crippen LogP contribution in [0.1, 0.15) is 30.9 Å². The monoisotopic (exact) mass is 278 g/mol. The number of ether oxygens (including phenoxy) is 1. The highest BCUT2D eigenvalue weighted by molar-refractivity contribution is 6.30. The first-order valence-electron chi connectivity index (χ1n) is 6.23. The first kappa shape index (κ1) is 13.9. The molecule has 0 aliphatic heterocycles. The Balaban J connectivity index is 2.04. The summed E-state index contributed by atoms with van der Waals surface area (Å²) >= 11 is 5.83. The van der Waals surface area contributed by atoms with E-state index in [4.69, 9.17) is 16.3 Å². The average molecular weight is 279 g/mol. The molecule has 0 fully saturated rings. The summed E-state index contributed by atoms with van der Waals surface area (Å²) in [6.45, 7) is 4.45. The minimum atomic E-state index is -0.303. The van der Waals surface area contributed by atoms with Crippen molar-refractivity contribution in [3.8, 4) is 5.75 Å². The molecule has 2 aromatic rings. The molecule has 2 aromatic carbocycles. The summed E-state index contributed by atoms with van der Waals surface area (Å²) in [5, 5.41) is 0.509. The van der Waals surface area contributed by atoms with Crippen LogP contribution < -0.4 is 4.74 Å². The minimum absolute atomic E-state index is 0.174. The van der Waals surface area contributed by atoms with E-state index in [0.717, 1.165) is 5.75 Å². The molecule has 0 unspecified atom stereocenters. The second-order valence-electron chi connectivity index (χ2n) is 4.75. The highest BCUT2D eigenvalue weighted by Crippen LogP contribution is 2.21. The molecule has 100 valence electrons. The molecule has 0 amide bonds. The molecule has 0 aliphatic rings. The van der Waals surface area contributed by atoms with Crippen LogP contribution in [0.15, 0.2) is 42.5 Å². The molecule has 0 atom stereocenters. The molecule has 3 heteroatoms. The van der Waals surface area contributed by atoms with E-state index in [2.05, 4.69) is 13.8 Å². The summed E-state index contributed by atoms with van der Waals surface area (Å²) in [4.78, 5) is 0. The van der Waals surface area contributed by atoms with Gasteiger partial charge in [-0.3, -0.25) is 0 Å². The Morgan fingerprint density at radius 1 is 1.11 bits per heavy atom. The van der Waals surface area contributed by atoms with Crippen LogP contribution in [0.25, 0.3) is 0 Å². The van der Waals surface area contributed by atoms with E-state index in [-0.39, 0.29) is 12.4 Å². The van der Waals surface area contributed by atoms with Crippen molar-refractivity contribution in [2.45, 2.75) is 26.4 Å². The van der Waals surface area contributed by atoms with Crippen molar-refractivity contribution in [3.63, 3.8) is 0 Å². The van der Waals surface area contributed by atoms with Gasteiger partial charge in [0.15, 0.2) is 0 Å². The SMILES string of the molecule is CC(C)c1ccc(OCc2cc(Cl)ccc2F)cc1. The molecule has 0 saturated carbocycles. The predicted molar refractivity (Wildman–Crippen MR) is 76.3 cm³/mol. The second kappa shape index (κ2) is 6.07. The molecule has 0 spiro atoms. The van der Waals surface area contributed by atoms with E-state index in [1.165, 1.54) is 17.7 Å². The van der Waals surface area contributed by atoms with Gasteiger partial charge in [-0.1, -0.05) is 37.6 Å². The molecule has 2 rings (SSSR count). The first-order valence-corrected chi connectivity index (χ1v) is 6.61. The van der Waals surface area contributed by atoms with Crippen molar-refractivity contribution < 1.29 is 9.13 Å². The van der Waals surface area contributed by atoms with Crippen LogP contribution in [0, 0.1) is 5.82 Å². The summed E-state index contributed by atoms with van der Waals surface area (Å²) in [5.41, 5.74) is 1.71. The molecule has 0 N–H and O–H groups in total. The zero-order valence-corrected chi connectivity index (χ0v) is 11.7. The largest absolute Gasteiger partial charge is 0.489 e. The molecule has 0 aromatic heterocycles. The fourth-order valence-electron chi connectivity index (χ4n) is 1.76. The number of hydrogen-bond acceptors (Lipinski definition) is 1. The van der Waals surface area contributed by atoms with Gasteiger partial charge in [0.25, 0.3) is 0 Å². The molecule has 0 radical (unpaired) electrons. The van der Waals surface area contributed by atoms with Gasteiger partial charge in [-0.05, 0) is 41.8 Å². The van der Waals surface area contributed by atoms with Gasteiger partial charge < -0.3 is 4.74 Å². The Labute approximate surface area is 118 Å². The van der Waals surface area contributed by atoms with E-state index in [1.54, 1.807) is 6.07 Å². The number of rotatable bonds is 4. The molecule has 1 nitrogen and oxygen atoms in total. The van der Waals surface area contributed by atoms with Gasteiger partial charge >= 0.3 is 0 Å². The lowest BCUT2D eigenvalue weighted by atomic mass is 10.0. The lowest BCUT2D eigenvalue weighted by Gasteiger charge is -2.09. The topological polar surface area (TPSA) is 9.23 Å². The van der Waals surface area contributed by atoms with Crippen molar-refractivity contribution in [3.05, 3.63) is 64.4 Å². The highest BCUT2D eigenvalue weighted by Gasteiger charge is 2.05. The number of benzene rings is 2. The van der Waals surface area contributed by atoms with Crippen molar-refractivity contribution in [1.29, 1.82) is 0 Å². The highest BCUT2D eigenvalue weighted by atomic mass is 35.5. The third-order valence-corrected chi connectivity index (χ3v) is 3.18. The summed E-state index contributed by atoms with van der Waals surface area (Å²) in [6, 6.07) is 12.3. The molecule has 19 heavy (non-hydrogen) atoms. The van der Waals surface area contributed by atoms with E-state index in [9.17, 15) is 4.39 Å². The summed E-state index contributed by atoms with van der Waals surface area (Å²) < 4.78 is 19.1. The van der Waals surface area contributed by atoms with Gasteiger partial charge in [-0.15, -0.1) is 0 Å². The Hall–Kier alpha value is -1.54. The summed E-state index contributed by atoms with van der Waals surface area (Å²) in [5.74, 6) is 0.909. The third kappa shape index (κ3) is 3.71. The zero-order chi connectivity index (χ0) is 13.8. The summed E-state index contributed by atoms with van der Waals surface area (Å²) in [7, 11) is 0. The molecule has 0 bridgehead atoms. The molecule has 0 saturated heterocycles. The van der Waals surface area contributed by atoms with E-state index >= 15 is 0 Å². The quantitative estimate of drug-likeness (QED) is 0.748. The fraction of sp³-hybridized carbons (Fsp3) is 0.250.